The lowest BCUT2D eigenvalue weighted by molar-refractivity contribution is 0.0945. The van der Waals surface area contributed by atoms with E-state index >= 15 is 0 Å². The SMILES string of the molecule is O=C(Nc1cccc(CNC(=O)c2ccc3ccccc3n2)c1)c1ccc(F)cc1. The van der Waals surface area contributed by atoms with E-state index in [1.165, 1.54) is 24.3 Å². The Kier molecular flexibility index (Phi) is 5.48. The largest absolute Gasteiger partial charge is 0.347 e. The maximum atomic E-state index is 13.0. The normalized spacial score (nSPS) is 10.6. The first kappa shape index (κ1) is 19.3. The van der Waals surface area contributed by atoms with Crippen molar-refractivity contribution in [3.05, 3.63) is 108 Å². The Bertz CT molecular complexity index is 1220. The van der Waals surface area contributed by atoms with Crippen LogP contribution >= 0.6 is 0 Å². The zero-order valence-electron chi connectivity index (χ0n) is 15.9. The summed E-state index contributed by atoms with van der Waals surface area (Å²) in [5, 5.41) is 6.58. The van der Waals surface area contributed by atoms with E-state index in [1.54, 1.807) is 24.3 Å². The molecule has 0 spiro atoms. The molecular formula is C24H18FN3O2. The van der Waals surface area contributed by atoms with E-state index < -0.39 is 5.82 Å². The van der Waals surface area contributed by atoms with Crippen molar-refractivity contribution in [2.45, 2.75) is 6.54 Å². The van der Waals surface area contributed by atoms with Crippen molar-refractivity contribution in [2.24, 2.45) is 0 Å². The number of nitrogens with one attached hydrogen (secondary N) is 2. The van der Waals surface area contributed by atoms with Gasteiger partial charge in [0.25, 0.3) is 11.8 Å². The van der Waals surface area contributed by atoms with E-state index in [-0.39, 0.29) is 18.4 Å². The fourth-order valence-electron chi connectivity index (χ4n) is 3.03. The van der Waals surface area contributed by atoms with Crippen molar-refractivity contribution in [3.63, 3.8) is 0 Å². The number of hydrogen-bond acceptors (Lipinski definition) is 3. The molecule has 6 heteroatoms. The Balaban J connectivity index is 1.40. The number of anilines is 1. The van der Waals surface area contributed by atoms with Crippen molar-refractivity contribution >= 4 is 28.4 Å². The molecule has 0 atom stereocenters. The van der Waals surface area contributed by atoms with Crippen LogP contribution in [-0.2, 0) is 6.54 Å². The summed E-state index contributed by atoms with van der Waals surface area (Å²) in [5.41, 5.74) is 2.86. The van der Waals surface area contributed by atoms with E-state index in [0.717, 1.165) is 16.5 Å². The molecule has 1 aromatic heterocycles. The third-order valence-electron chi connectivity index (χ3n) is 4.58. The van der Waals surface area contributed by atoms with Gasteiger partial charge in [-0.15, -0.1) is 0 Å². The number of hydrogen-bond donors (Lipinski definition) is 2. The molecule has 2 amide bonds. The predicted octanol–water partition coefficient (Wildman–Crippen LogP) is 4.56. The van der Waals surface area contributed by atoms with Crippen LogP contribution in [0.2, 0.25) is 0 Å². The van der Waals surface area contributed by atoms with Crippen molar-refractivity contribution in [2.75, 3.05) is 5.32 Å². The van der Waals surface area contributed by atoms with Gasteiger partial charge in [-0.2, -0.15) is 0 Å². The number of para-hydroxylation sites is 1. The second-order valence-electron chi connectivity index (χ2n) is 6.73. The molecule has 0 saturated heterocycles. The lowest BCUT2D eigenvalue weighted by Gasteiger charge is -2.09. The highest BCUT2D eigenvalue weighted by Gasteiger charge is 2.09. The van der Waals surface area contributed by atoms with Crippen LogP contribution in [0.4, 0.5) is 10.1 Å². The zero-order chi connectivity index (χ0) is 20.9. The molecule has 0 unspecified atom stereocenters. The molecule has 148 valence electrons. The minimum atomic E-state index is -0.398. The molecule has 0 aliphatic heterocycles. The highest BCUT2D eigenvalue weighted by Crippen LogP contribution is 2.14. The van der Waals surface area contributed by atoms with Crippen LogP contribution in [0.25, 0.3) is 10.9 Å². The fraction of sp³-hybridized carbons (Fsp3) is 0.0417. The van der Waals surface area contributed by atoms with Crippen LogP contribution in [0.1, 0.15) is 26.4 Å². The van der Waals surface area contributed by atoms with Crippen LogP contribution in [0.15, 0.2) is 84.9 Å². The van der Waals surface area contributed by atoms with Gasteiger partial charge in [-0.05, 0) is 54.1 Å². The lowest BCUT2D eigenvalue weighted by atomic mass is 10.1. The molecule has 5 nitrogen and oxygen atoms in total. The van der Waals surface area contributed by atoms with Gasteiger partial charge < -0.3 is 10.6 Å². The number of carbonyl (C=O) groups excluding carboxylic acids is 2. The minimum absolute atomic E-state index is 0.276. The summed E-state index contributed by atoms with van der Waals surface area (Å²) >= 11 is 0. The number of amides is 2. The molecule has 3 aromatic carbocycles. The van der Waals surface area contributed by atoms with Crippen LogP contribution in [0.5, 0.6) is 0 Å². The third kappa shape index (κ3) is 4.50. The Morgan fingerprint density at radius 1 is 0.833 bits per heavy atom. The highest BCUT2D eigenvalue weighted by atomic mass is 19.1. The average molecular weight is 399 g/mol. The molecule has 4 aromatic rings. The lowest BCUT2D eigenvalue weighted by Crippen LogP contribution is -2.23. The molecule has 0 aliphatic carbocycles. The van der Waals surface area contributed by atoms with Gasteiger partial charge in [-0.25, -0.2) is 9.37 Å². The number of fused-ring (bicyclic) bond motifs is 1. The number of nitrogens with zero attached hydrogens (tertiary/aromatic N) is 1. The first-order valence-corrected chi connectivity index (χ1v) is 9.38. The summed E-state index contributed by atoms with van der Waals surface area (Å²) in [4.78, 5) is 29.1. The van der Waals surface area contributed by atoms with E-state index in [9.17, 15) is 14.0 Å². The van der Waals surface area contributed by atoms with Gasteiger partial charge in [0.1, 0.15) is 11.5 Å². The topological polar surface area (TPSA) is 71.1 Å². The Morgan fingerprint density at radius 3 is 2.47 bits per heavy atom. The molecule has 1 heterocycles. The van der Waals surface area contributed by atoms with Gasteiger partial charge in [0.05, 0.1) is 5.52 Å². The van der Waals surface area contributed by atoms with Crippen molar-refractivity contribution < 1.29 is 14.0 Å². The van der Waals surface area contributed by atoms with Crippen LogP contribution in [-0.4, -0.2) is 16.8 Å². The molecule has 0 fully saturated rings. The van der Waals surface area contributed by atoms with Crippen molar-refractivity contribution in [1.29, 1.82) is 0 Å². The first-order chi connectivity index (χ1) is 14.6. The summed E-state index contributed by atoms with van der Waals surface area (Å²) in [5.74, 6) is -1.01. The summed E-state index contributed by atoms with van der Waals surface area (Å²) in [6.07, 6.45) is 0. The molecule has 0 radical (unpaired) electrons. The van der Waals surface area contributed by atoms with Gasteiger partial charge in [-0.1, -0.05) is 36.4 Å². The molecule has 0 aliphatic rings. The Labute approximate surface area is 172 Å². The summed E-state index contributed by atoms with van der Waals surface area (Å²) in [6.45, 7) is 0.285. The van der Waals surface area contributed by atoms with Gasteiger partial charge in [0.15, 0.2) is 0 Å². The minimum Gasteiger partial charge on any atom is -0.347 e. The van der Waals surface area contributed by atoms with E-state index in [4.69, 9.17) is 0 Å². The number of halogens is 1. The van der Waals surface area contributed by atoms with E-state index in [2.05, 4.69) is 15.6 Å². The van der Waals surface area contributed by atoms with Crippen LogP contribution < -0.4 is 10.6 Å². The standard InChI is InChI=1S/C24H18FN3O2/c25-19-11-8-18(9-12-19)23(29)27-20-6-3-4-16(14-20)15-26-24(30)22-13-10-17-5-1-2-7-21(17)28-22/h1-14H,15H2,(H,26,30)(H,27,29). The molecule has 0 saturated carbocycles. The zero-order valence-corrected chi connectivity index (χ0v) is 15.9. The Morgan fingerprint density at radius 2 is 1.63 bits per heavy atom. The van der Waals surface area contributed by atoms with E-state index in [1.807, 2.05) is 36.4 Å². The summed E-state index contributed by atoms with van der Waals surface area (Å²) < 4.78 is 13.0. The maximum absolute atomic E-state index is 13.0. The van der Waals surface area contributed by atoms with Gasteiger partial charge >= 0.3 is 0 Å². The van der Waals surface area contributed by atoms with Gasteiger partial charge in [-0.3, -0.25) is 9.59 Å². The smallest absolute Gasteiger partial charge is 0.270 e. The molecule has 0 bridgehead atoms. The molecule has 30 heavy (non-hydrogen) atoms. The molecular weight excluding hydrogens is 381 g/mol. The van der Waals surface area contributed by atoms with Gasteiger partial charge in [0, 0.05) is 23.2 Å². The second kappa shape index (κ2) is 8.53. The highest BCUT2D eigenvalue weighted by molar-refractivity contribution is 6.04. The number of aromatic nitrogens is 1. The second-order valence-corrected chi connectivity index (χ2v) is 6.73. The van der Waals surface area contributed by atoms with Gasteiger partial charge in [0.2, 0.25) is 0 Å². The summed E-state index contributed by atoms with van der Waals surface area (Å²) in [6, 6.07) is 23.6. The van der Waals surface area contributed by atoms with Crippen molar-refractivity contribution in [1.82, 2.24) is 10.3 Å². The predicted molar refractivity (Wildman–Crippen MR) is 114 cm³/mol. The number of benzene rings is 3. The fourth-order valence-corrected chi connectivity index (χ4v) is 3.03. The van der Waals surface area contributed by atoms with Crippen molar-refractivity contribution in [3.8, 4) is 0 Å². The molecule has 2 N–H and O–H groups in total. The monoisotopic (exact) mass is 399 g/mol. The molecule has 4 rings (SSSR count). The summed E-state index contributed by atoms with van der Waals surface area (Å²) in [7, 11) is 0. The maximum Gasteiger partial charge on any atom is 0.270 e. The van der Waals surface area contributed by atoms with Crippen LogP contribution in [0, 0.1) is 5.82 Å². The number of pyridine rings is 1. The number of carbonyl (C=O) groups is 2. The first-order valence-electron chi connectivity index (χ1n) is 9.38. The average Bonchev–Trinajstić information content (AvgIpc) is 2.78. The Hall–Kier alpha value is -4.06. The third-order valence-corrected chi connectivity index (χ3v) is 4.58. The quantitative estimate of drug-likeness (QED) is 0.517. The van der Waals surface area contributed by atoms with E-state index in [0.29, 0.717) is 16.9 Å². The number of rotatable bonds is 5. The van der Waals surface area contributed by atoms with Crippen LogP contribution in [0.3, 0.4) is 0 Å².